The van der Waals surface area contributed by atoms with Crippen LogP contribution in [0.1, 0.15) is 80.9 Å². The molecule has 3 fully saturated rings. The van der Waals surface area contributed by atoms with Gasteiger partial charge in [-0.15, -0.1) is 0 Å². The first-order valence-electron chi connectivity index (χ1n) is 15.4. The number of allylic oxidation sites excluding steroid dienone is 2. The van der Waals surface area contributed by atoms with Crippen LogP contribution in [0, 0.1) is 17.8 Å². The smallest absolute Gasteiger partial charge is 0.166 e. The van der Waals surface area contributed by atoms with Crippen molar-refractivity contribution < 1.29 is 20.1 Å². The van der Waals surface area contributed by atoms with Gasteiger partial charge in [-0.2, -0.15) is 0 Å². The maximum Gasteiger partial charge on any atom is 0.166 e. The number of aliphatic hydroxyl groups is 3. The molecule has 7 rings (SSSR count). The minimum Gasteiger partial charge on any atom is -0.512 e. The van der Waals surface area contributed by atoms with Gasteiger partial charge in [0.1, 0.15) is 5.76 Å². The van der Waals surface area contributed by atoms with E-state index < -0.39 is 6.10 Å². The number of hydrogen-bond acceptors (Lipinski definition) is 4. The first kappa shape index (κ1) is 26.0. The van der Waals surface area contributed by atoms with Gasteiger partial charge in [0, 0.05) is 19.3 Å². The molecule has 3 saturated carbocycles. The number of ketones is 1. The Bertz CT molecular complexity index is 1480. The molecule has 3 atom stereocenters. The zero-order valence-electron chi connectivity index (χ0n) is 23.2. The number of rotatable bonds is 6. The van der Waals surface area contributed by atoms with Gasteiger partial charge >= 0.3 is 0 Å². The van der Waals surface area contributed by atoms with Gasteiger partial charge in [-0.25, -0.2) is 0 Å². The molecular formula is C36H40O4. The van der Waals surface area contributed by atoms with Crippen molar-refractivity contribution in [3.05, 3.63) is 77.0 Å². The Balaban J connectivity index is 1.29. The quantitative estimate of drug-likeness (QED) is 0.309. The van der Waals surface area contributed by atoms with Crippen LogP contribution in [0.25, 0.3) is 27.5 Å². The fraction of sp³-hybridized carbons (Fsp3) is 0.472. The lowest BCUT2D eigenvalue weighted by atomic mass is 9.47. The summed E-state index contributed by atoms with van der Waals surface area (Å²) in [5.41, 5.74) is 6.46. The van der Waals surface area contributed by atoms with Crippen molar-refractivity contribution in [1.29, 1.82) is 0 Å². The number of aliphatic hydroxyl groups excluding tert-OH is 3. The summed E-state index contributed by atoms with van der Waals surface area (Å²) in [6, 6.07) is 19.4. The molecule has 3 aromatic carbocycles. The highest BCUT2D eigenvalue weighted by molar-refractivity contribution is 6.22. The summed E-state index contributed by atoms with van der Waals surface area (Å²) in [5, 5.41) is 32.7. The van der Waals surface area contributed by atoms with Crippen LogP contribution in [-0.2, 0) is 16.6 Å². The predicted molar refractivity (Wildman–Crippen MR) is 159 cm³/mol. The minimum absolute atomic E-state index is 0.0272. The van der Waals surface area contributed by atoms with Gasteiger partial charge in [0.25, 0.3) is 0 Å². The van der Waals surface area contributed by atoms with E-state index in [9.17, 15) is 20.1 Å². The van der Waals surface area contributed by atoms with Gasteiger partial charge in [0.05, 0.1) is 18.3 Å². The second-order valence-electron chi connectivity index (χ2n) is 13.2. The lowest BCUT2D eigenvalue weighted by molar-refractivity contribution is -0.114. The average Bonchev–Trinajstić information content (AvgIpc) is 2.95. The van der Waals surface area contributed by atoms with Crippen molar-refractivity contribution in [3.63, 3.8) is 0 Å². The molecule has 0 aromatic heterocycles. The topological polar surface area (TPSA) is 77.8 Å². The third-order valence-corrected chi connectivity index (χ3v) is 10.8. The summed E-state index contributed by atoms with van der Waals surface area (Å²) < 4.78 is 0. The van der Waals surface area contributed by atoms with Gasteiger partial charge in [0.2, 0.25) is 0 Å². The van der Waals surface area contributed by atoms with Gasteiger partial charge < -0.3 is 15.3 Å². The summed E-state index contributed by atoms with van der Waals surface area (Å²) in [6.07, 6.45) is 10.8. The Morgan fingerprint density at radius 3 is 2.17 bits per heavy atom. The molecule has 4 aliphatic carbocycles. The number of fused-ring (bicyclic) bond motifs is 3. The highest BCUT2D eigenvalue weighted by Gasteiger charge is 2.53. The number of benzene rings is 3. The minimum atomic E-state index is -0.735. The van der Waals surface area contributed by atoms with Crippen LogP contribution in [0.4, 0.5) is 0 Å². The Hall–Kier alpha value is -2.95. The van der Waals surface area contributed by atoms with Crippen LogP contribution >= 0.6 is 0 Å². The monoisotopic (exact) mass is 536 g/mol. The highest BCUT2D eigenvalue weighted by atomic mass is 16.3. The van der Waals surface area contributed by atoms with E-state index >= 15 is 0 Å². The summed E-state index contributed by atoms with van der Waals surface area (Å²) in [6.45, 7) is -0.212. The fourth-order valence-electron chi connectivity index (χ4n) is 8.99. The molecule has 4 nitrogen and oxygen atoms in total. The van der Waals surface area contributed by atoms with Gasteiger partial charge in [-0.3, -0.25) is 4.79 Å². The van der Waals surface area contributed by atoms with E-state index in [0.29, 0.717) is 37.2 Å². The molecule has 0 aliphatic heterocycles. The third-order valence-electron chi connectivity index (χ3n) is 10.8. The summed E-state index contributed by atoms with van der Waals surface area (Å²) >= 11 is 0. The van der Waals surface area contributed by atoms with E-state index in [-0.39, 0.29) is 23.6 Å². The lowest BCUT2D eigenvalue weighted by Gasteiger charge is -2.58. The molecule has 3 N–H and O–H groups in total. The number of carbonyl (C=O) groups is 1. The van der Waals surface area contributed by atoms with Gasteiger partial charge in [-0.1, -0.05) is 55.3 Å². The molecule has 0 radical (unpaired) electrons. The summed E-state index contributed by atoms with van der Waals surface area (Å²) in [5.74, 6) is 2.58. The van der Waals surface area contributed by atoms with Crippen molar-refractivity contribution in [2.45, 2.75) is 82.1 Å². The zero-order valence-corrected chi connectivity index (χ0v) is 23.2. The third kappa shape index (κ3) is 4.40. The van der Waals surface area contributed by atoms with E-state index in [1.807, 2.05) is 12.1 Å². The summed E-state index contributed by atoms with van der Waals surface area (Å²) in [7, 11) is 0. The second-order valence-corrected chi connectivity index (χ2v) is 13.2. The van der Waals surface area contributed by atoms with Crippen molar-refractivity contribution in [2.24, 2.45) is 17.8 Å². The van der Waals surface area contributed by atoms with Crippen molar-refractivity contribution in [3.8, 4) is 11.1 Å². The maximum absolute atomic E-state index is 12.5. The molecule has 0 amide bonds. The van der Waals surface area contributed by atoms with E-state index in [4.69, 9.17) is 0 Å². The molecule has 3 bridgehead atoms. The average molecular weight is 537 g/mol. The molecular weight excluding hydrogens is 496 g/mol. The van der Waals surface area contributed by atoms with Gasteiger partial charge in [-0.05, 0) is 112 Å². The number of carbonyl (C=O) groups excluding carboxylic acids is 1. The van der Waals surface area contributed by atoms with Gasteiger partial charge in [0.15, 0.2) is 5.78 Å². The van der Waals surface area contributed by atoms with Crippen molar-refractivity contribution in [2.75, 3.05) is 6.61 Å². The Kier molecular flexibility index (Phi) is 6.59. The molecule has 3 unspecified atom stereocenters. The van der Waals surface area contributed by atoms with E-state index in [1.54, 1.807) is 0 Å². The molecule has 0 spiro atoms. The van der Waals surface area contributed by atoms with Crippen LogP contribution < -0.4 is 0 Å². The molecule has 40 heavy (non-hydrogen) atoms. The molecule has 208 valence electrons. The fourth-order valence-corrected chi connectivity index (χ4v) is 8.99. The van der Waals surface area contributed by atoms with Crippen LogP contribution in [0.15, 0.2) is 60.4 Å². The van der Waals surface area contributed by atoms with Crippen LogP contribution in [0.2, 0.25) is 0 Å². The first-order valence-corrected chi connectivity index (χ1v) is 15.4. The maximum atomic E-state index is 12.5. The van der Waals surface area contributed by atoms with Crippen LogP contribution in [0.5, 0.6) is 0 Å². The zero-order chi connectivity index (χ0) is 27.4. The van der Waals surface area contributed by atoms with Crippen molar-refractivity contribution in [1.82, 2.24) is 0 Å². The lowest BCUT2D eigenvalue weighted by Crippen LogP contribution is -2.50. The molecule has 0 saturated heterocycles. The van der Waals surface area contributed by atoms with Crippen molar-refractivity contribution >= 4 is 22.1 Å². The predicted octanol–water partition coefficient (Wildman–Crippen LogP) is 7.28. The summed E-state index contributed by atoms with van der Waals surface area (Å²) in [4.78, 5) is 12.5. The molecule has 0 heterocycles. The van der Waals surface area contributed by atoms with E-state index in [2.05, 4.69) is 42.5 Å². The first-order chi connectivity index (χ1) is 19.4. The largest absolute Gasteiger partial charge is 0.512 e. The standard InChI is InChI=1S/C36H40O4/c37-21-31(38)17-28-10-8-27(18-32(28)36-19-22-4-12-30(36)13-5-23(14-22)20-36)25-6-7-26-16-29(11-9-24(26)15-25)35-33(39)2-1-3-34(35)40/h6-11,15-16,18,22-23,30-31,37-39H,1-5,12-14,17,19-21H2. The molecule has 4 aliphatic rings. The number of Topliss-reactive ketones (excluding diaryl/α,β-unsaturated/α-hetero) is 1. The van der Waals surface area contributed by atoms with E-state index in [0.717, 1.165) is 33.7 Å². The Morgan fingerprint density at radius 1 is 0.825 bits per heavy atom. The molecule has 3 aromatic rings. The van der Waals surface area contributed by atoms with E-state index in [1.165, 1.54) is 61.6 Å². The highest BCUT2D eigenvalue weighted by Crippen LogP contribution is 2.61. The van der Waals surface area contributed by atoms with Crippen LogP contribution in [0.3, 0.4) is 0 Å². The van der Waals surface area contributed by atoms with Crippen LogP contribution in [-0.4, -0.2) is 33.8 Å². The Labute approximate surface area is 236 Å². The normalized spacial score (nSPS) is 28.8. The molecule has 4 heteroatoms. The second kappa shape index (κ2) is 10.2. The number of hydrogen-bond donors (Lipinski definition) is 3. The SMILES string of the molecule is O=C1CCCC(O)=C1c1ccc2cc(-c3ccc(CC(O)CO)c(C45CC6CCC4CCC(C6)C5)c3)ccc2c1. The Morgan fingerprint density at radius 2 is 1.48 bits per heavy atom.